The fourth-order valence-corrected chi connectivity index (χ4v) is 2.39. The molecule has 1 aromatic carbocycles. The molecule has 2 rings (SSSR count). The number of hydrogen-bond acceptors (Lipinski definition) is 3. The molecule has 0 aromatic heterocycles. The quantitative estimate of drug-likeness (QED) is 0.854. The Balaban J connectivity index is 2.38. The number of rotatable bonds is 5. The first-order valence-corrected chi connectivity index (χ1v) is 6.10. The third-order valence-electron chi connectivity index (χ3n) is 3.68. The van der Waals surface area contributed by atoms with Crippen molar-refractivity contribution in [2.45, 2.75) is 31.8 Å². The fraction of sp³-hybridized carbons (Fsp3) is 0.571. The lowest BCUT2D eigenvalue weighted by atomic mass is 9.86. The molecule has 1 fully saturated rings. The maximum atomic E-state index is 10.7. The Morgan fingerprint density at radius 2 is 1.88 bits per heavy atom. The molecular formula is C14H20O3. The van der Waals surface area contributed by atoms with Gasteiger partial charge in [0.05, 0.1) is 19.8 Å². The molecule has 94 valence electrons. The average molecular weight is 236 g/mol. The lowest BCUT2D eigenvalue weighted by Gasteiger charge is -2.28. The van der Waals surface area contributed by atoms with Gasteiger partial charge in [0, 0.05) is 0 Å². The second kappa shape index (κ2) is 4.57. The molecule has 17 heavy (non-hydrogen) atoms. The summed E-state index contributed by atoms with van der Waals surface area (Å²) in [5.41, 5.74) is 0.222. The largest absolute Gasteiger partial charge is 0.493 e. The van der Waals surface area contributed by atoms with Crippen LogP contribution in [0.25, 0.3) is 0 Å². The Kier molecular flexibility index (Phi) is 3.29. The summed E-state index contributed by atoms with van der Waals surface area (Å²) in [6.07, 6.45) is 2.95. The Morgan fingerprint density at radius 1 is 1.24 bits per heavy atom. The van der Waals surface area contributed by atoms with Crippen molar-refractivity contribution >= 4 is 0 Å². The SMILES string of the molecule is CCC(O)(c1ccc(OC)c(OC)c1)C1CC1. The highest BCUT2D eigenvalue weighted by atomic mass is 16.5. The normalized spacial score (nSPS) is 18.6. The highest BCUT2D eigenvalue weighted by molar-refractivity contribution is 5.45. The molecule has 0 heterocycles. The Bertz CT molecular complexity index is 398. The van der Waals surface area contributed by atoms with E-state index in [4.69, 9.17) is 9.47 Å². The molecule has 1 atom stereocenters. The van der Waals surface area contributed by atoms with Crippen molar-refractivity contribution in [2.75, 3.05) is 14.2 Å². The van der Waals surface area contributed by atoms with Crippen LogP contribution in [0.1, 0.15) is 31.7 Å². The van der Waals surface area contributed by atoms with E-state index in [0.29, 0.717) is 17.4 Å². The van der Waals surface area contributed by atoms with Crippen molar-refractivity contribution < 1.29 is 14.6 Å². The van der Waals surface area contributed by atoms with Crippen molar-refractivity contribution in [3.8, 4) is 11.5 Å². The van der Waals surface area contributed by atoms with Gasteiger partial charge in [-0.15, -0.1) is 0 Å². The predicted octanol–water partition coefficient (Wildman–Crippen LogP) is 2.71. The fourth-order valence-electron chi connectivity index (χ4n) is 2.39. The molecule has 0 aliphatic heterocycles. The summed E-state index contributed by atoms with van der Waals surface area (Å²) in [7, 11) is 3.23. The standard InChI is InChI=1S/C14H20O3/c1-4-14(15,10-5-6-10)11-7-8-12(16-2)13(9-11)17-3/h7-10,15H,4-6H2,1-3H3. The lowest BCUT2D eigenvalue weighted by molar-refractivity contribution is 0.00867. The molecule has 3 heteroatoms. The van der Waals surface area contributed by atoms with Gasteiger partial charge < -0.3 is 14.6 Å². The molecule has 0 bridgehead atoms. The van der Waals surface area contributed by atoms with Gasteiger partial charge >= 0.3 is 0 Å². The van der Waals surface area contributed by atoms with Gasteiger partial charge in [-0.25, -0.2) is 0 Å². The maximum Gasteiger partial charge on any atom is 0.161 e. The van der Waals surface area contributed by atoms with Crippen LogP contribution in [0.5, 0.6) is 11.5 Å². The van der Waals surface area contributed by atoms with Gasteiger partial charge in [0.15, 0.2) is 11.5 Å². The van der Waals surface area contributed by atoms with Gasteiger partial charge in [-0.1, -0.05) is 13.0 Å². The summed E-state index contributed by atoms with van der Waals surface area (Å²) in [6.45, 7) is 2.02. The van der Waals surface area contributed by atoms with Gasteiger partial charge in [0.2, 0.25) is 0 Å². The minimum Gasteiger partial charge on any atom is -0.493 e. The van der Waals surface area contributed by atoms with Crippen LogP contribution in [-0.4, -0.2) is 19.3 Å². The molecule has 1 saturated carbocycles. The van der Waals surface area contributed by atoms with Crippen molar-refractivity contribution in [1.82, 2.24) is 0 Å². The van der Waals surface area contributed by atoms with Crippen LogP contribution in [0, 0.1) is 5.92 Å². The van der Waals surface area contributed by atoms with E-state index in [1.807, 2.05) is 25.1 Å². The molecule has 0 spiro atoms. The Labute approximate surface area is 102 Å². The molecule has 1 aromatic rings. The first-order valence-electron chi connectivity index (χ1n) is 6.10. The van der Waals surface area contributed by atoms with Crippen LogP contribution in [0.15, 0.2) is 18.2 Å². The highest BCUT2D eigenvalue weighted by Crippen LogP contribution is 2.48. The van der Waals surface area contributed by atoms with E-state index in [1.54, 1.807) is 14.2 Å². The van der Waals surface area contributed by atoms with E-state index >= 15 is 0 Å². The number of benzene rings is 1. The summed E-state index contributed by atoms with van der Waals surface area (Å²) < 4.78 is 10.5. The summed E-state index contributed by atoms with van der Waals surface area (Å²) in [5, 5.41) is 10.7. The van der Waals surface area contributed by atoms with Crippen molar-refractivity contribution in [3.63, 3.8) is 0 Å². The van der Waals surface area contributed by atoms with Gasteiger partial charge in [0.1, 0.15) is 0 Å². The number of aliphatic hydroxyl groups is 1. The van der Waals surface area contributed by atoms with Crippen LogP contribution in [0.4, 0.5) is 0 Å². The van der Waals surface area contributed by atoms with Crippen LogP contribution in [0.2, 0.25) is 0 Å². The van der Waals surface area contributed by atoms with E-state index in [9.17, 15) is 5.11 Å². The Morgan fingerprint density at radius 3 is 2.35 bits per heavy atom. The third kappa shape index (κ3) is 2.12. The van der Waals surface area contributed by atoms with Crippen molar-refractivity contribution in [3.05, 3.63) is 23.8 Å². The molecule has 1 aliphatic carbocycles. The molecule has 1 unspecified atom stereocenters. The average Bonchev–Trinajstić information content (AvgIpc) is 3.21. The monoisotopic (exact) mass is 236 g/mol. The molecule has 3 nitrogen and oxygen atoms in total. The first kappa shape index (κ1) is 12.2. The van der Waals surface area contributed by atoms with Crippen LogP contribution in [-0.2, 0) is 5.60 Å². The zero-order valence-electron chi connectivity index (χ0n) is 10.7. The van der Waals surface area contributed by atoms with Crippen LogP contribution in [0.3, 0.4) is 0 Å². The second-order valence-electron chi connectivity index (χ2n) is 4.62. The Hall–Kier alpha value is -1.22. The number of ether oxygens (including phenoxy) is 2. The van der Waals surface area contributed by atoms with Gasteiger partial charge in [-0.3, -0.25) is 0 Å². The molecule has 1 N–H and O–H groups in total. The number of hydrogen-bond donors (Lipinski definition) is 1. The van der Waals surface area contributed by atoms with Crippen LogP contribution >= 0.6 is 0 Å². The van der Waals surface area contributed by atoms with Gasteiger partial charge in [-0.2, -0.15) is 0 Å². The van der Waals surface area contributed by atoms with Crippen LogP contribution < -0.4 is 9.47 Å². The summed E-state index contributed by atoms with van der Waals surface area (Å²) in [6, 6.07) is 5.68. The smallest absolute Gasteiger partial charge is 0.161 e. The molecule has 0 amide bonds. The van der Waals surface area contributed by atoms with E-state index in [0.717, 1.165) is 24.8 Å². The van der Waals surface area contributed by atoms with E-state index in [1.165, 1.54) is 0 Å². The van der Waals surface area contributed by atoms with E-state index in [2.05, 4.69) is 0 Å². The lowest BCUT2D eigenvalue weighted by Crippen LogP contribution is -2.27. The van der Waals surface area contributed by atoms with Crippen molar-refractivity contribution in [2.24, 2.45) is 5.92 Å². The molecule has 0 radical (unpaired) electrons. The predicted molar refractivity (Wildman–Crippen MR) is 66.5 cm³/mol. The highest BCUT2D eigenvalue weighted by Gasteiger charge is 2.43. The maximum absolute atomic E-state index is 10.7. The summed E-state index contributed by atoms with van der Waals surface area (Å²) >= 11 is 0. The molecule has 1 aliphatic rings. The second-order valence-corrected chi connectivity index (χ2v) is 4.62. The number of methoxy groups -OCH3 is 2. The van der Waals surface area contributed by atoms with Crippen molar-refractivity contribution in [1.29, 1.82) is 0 Å². The van der Waals surface area contributed by atoms with E-state index < -0.39 is 5.60 Å². The molecule has 0 saturated heterocycles. The minimum absolute atomic E-state index is 0.394. The van der Waals surface area contributed by atoms with Gasteiger partial charge in [0.25, 0.3) is 0 Å². The summed E-state index contributed by atoms with van der Waals surface area (Å²) in [5.74, 6) is 1.77. The molecular weight excluding hydrogens is 216 g/mol. The first-order chi connectivity index (χ1) is 8.15. The third-order valence-corrected chi connectivity index (χ3v) is 3.68. The summed E-state index contributed by atoms with van der Waals surface area (Å²) in [4.78, 5) is 0. The zero-order valence-corrected chi connectivity index (χ0v) is 10.7. The minimum atomic E-state index is -0.709. The zero-order chi connectivity index (χ0) is 12.5. The topological polar surface area (TPSA) is 38.7 Å². The van der Waals surface area contributed by atoms with Gasteiger partial charge in [-0.05, 0) is 42.9 Å². The van der Waals surface area contributed by atoms with E-state index in [-0.39, 0.29) is 0 Å².